The molecule has 0 atom stereocenters. The highest BCUT2D eigenvalue weighted by molar-refractivity contribution is 7.22. The van der Waals surface area contributed by atoms with Gasteiger partial charge in [-0.2, -0.15) is 0 Å². The van der Waals surface area contributed by atoms with Crippen LogP contribution in [-0.4, -0.2) is 42.0 Å². The summed E-state index contributed by atoms with van der Waals surface area (Å²) >= 11 is 7.68. The molecule has 0 radical (unpaired) electrons. The summed E-state index contributed by atoms with van der Waals surface area (Å²) in [6, 6.07) is 8.01. The van der Waals surface area contributed by atoms with Crippen LogP contribution in [0, 0.1) is 19.7 Å². The van der Waals surface area contributed by atoms with Crippen molar-refractivity contribution in [3.63, 3.8) is 0 Å². The van der Waals surface area contributed by atoms with E-state index in [0.717, 1.165) is 34.4 Å². The molecule has 4 nitrogen and oxygen atoms in total. The molecule has 2 aromatic carbocycles. The normalized spacial score (nSPS) is 11.4. The van der Waals surface area contributed by atoms with Gasteiger partial charge in [-0.05, 0) is 62.3 Å². The summed E-state index contributed by atoms with van der Waals surface area (Å²) in [5.41, 5.74) is 3.43. The Morgan fingerprint density at radius 2 is 1.86 bits per heavy atom. The quantitative estimate of drug-likeness (QED) is 0.480. The second kappa shape index (κ2) is 9.20. The lowest BCUT2D eigenvalue weighted by atomic mass is 10.1. The van der Waals surface area contributed by atoms with Crippen molar-refractivity contribution in [3.8, 4) is 0 Å². The van der Waals surface area contributed by atoms with E-state index in [4.69, 9.17) is 16.6 Å². The lowest BCUT2D eigenvalue weighted by Gasteiger charge is -2.25. The number of hydrogen-bond acceptors (Lipinski definition) is 4. The molecule has 3 rings (SSSR count). The van der Waals surface area contributed by atoms with E-state index in [2.05, 4.69) is 31.7 Å². The highest BCUT2D eigenvalue weighted by Crippen LogP contribution is 2.33. The molecule has 0 aliphatic heterocycles. The van der Waals surface area contributed by atoms with Crippen LogP contribution in [-0.2, 0) is 0 Å². The number of carbonyl (C=O) groups excluding carboxylic acids is 1. The average molecular weight is 434 g/mol. The third kappa shape index (κ3) is 4.77. The summed E-state index contributed by atoms with van der Waals surface area (Å²) in [6.45, 7) is 11.3. The van der Waals surface area contributed by atoms with E-state index in [-0.39, 0.29) is 16.5 Å². The molecule has 0 saturated carbocycles. The Bertz CT molecular complexity index is 1030. The second-order valence-corrected chi connectivity index (χ2v) is 8.42. The Morgan fingerprint density at radius 1 is 1.14 bits per heavy atom. The number of benzene rings is 2. The average Bonchev–Trinajstić information content (AvgIpc) is 3.09. The molecule has 0 fully saturated rings. The van der Waals surface area contributed by atoms with Gasteiger partial charge in [-0.3, -0.25) is 9.69 Å². The zero-order valence-electron chi connectivity index (χ0n) is 17.1. The lowest BCUT2D eigenvalue weighted by molar-refractivity contribution is 0.0984. The molecule has 1 aromatic heterocycles. The van der Waals surface area contributed by atoms with E-state index in [1.807, 2.05) is 13.0 Å². The van der Waals surface area contributed by atoms with Crippen molar-refractivity contribution in [1.29, 1.82) is 0 Å². The number of likely N-dealkylation sites (N-methyl/N-ethyl adjacent to an activating group) is 1. The molecule has 0 unspecified atom stereocenters. The zero-order chi connectivity index (χ0) is 21.1. The molecule has 1 amide bonds. The van der Waals surface area contributed by atoms with Gasteiger partial charge in [0.2, 0.25) is 0 Å². The van der Waals surface area contributed by atoms with Gasteiger partial charge in [0.05, 0.1) is 20.8 Å². The summed E-state index contributed by atoms with van der Waals surface area (Å²) in [7, 11) is 0. The van der Waals surface area contributed by atoms with Crippen molar-refractivity contribution < 1.29 is 9.18 Å². The summed E-state index contributed by atoms with van der Waals surface area (Å²) < 4.78 is 14.5. The SMILES string of the molecule is CCN(CC)CCN(C(=O)c1ccc(F)cc1Cl)c1nc2cc(C)cc(C)c2s1. The van der Waals surface area contributed by atoms with Crippen LogP contribution in [0.4, 0.5) is 9.52 Å². The van der Waals surface area contributed by atoms with E-state index in [1.165, 1.54) is 29.5 Å². The van der Waals surface area contributed by atoms with Crippen LogP contribution in [0.25, 0.3) is 10.2 Å². The van der Waals surface area contributed by atoms with E-state index in [9.17, 15) is 9.18 Å². The van der Waals surface area contributed by atoms with Gasteiger partial charge in [0.15, 0.2) is 5.13 Å². The first-order valence-electron chi connectivity index (χ1n) is 9.71. The maximum atomic E-state index is 13.5. The zero-order valence-corrected chi connectivity index (χ0v) is 18.7. The fraction of sp³-hybridized carbons (Fsp3) is 0.364. The summed E-state index contributed by atoms with van der Waals surface area (Å²) in [4.78, 5) is 22.0. The Kier molecular flexibility index (Phi) is 6.88. The van der Waals surface area contributed by atoms with Crippen LogP contribution in [0.15, 0.2) is 30.3 Å². The maximum absolute atomic E-state index is 13.5. The smallest absolute Gasteiger partial charge is 0.261 e. The Labute approximate surface area is 179 Å². The fourth-order valence-corrected chi connectivity index (χ4v) is 4.64. The molecule has 0 saturated heterocycles. The molecule has 0 bridgehead atoms. The van der Waals surface area contributed by atoms with Gasteiger partial charge >= 0.3 is 0 Å². The van der Waals surface area contributed by atoms with Gasteiger partial charge < -0.3 is 4.90 Å². The van der Waals surface area contributed by atoms with E-state index >= 15 is 0 Å². The molecule has 154 valence electrons. The predicted molar refractivity (Wildman–Crippen MR) is 120 cm³/mol. The number of halogens is 2. The Morgan fingerprint density at radius 3 is 2.52 bits per heavy atom. The highest BCUT2D eigenvalue weighted by atomic mass is 35.5. The third-order valence-corrected chi connectivity index (χ3v) is 6.52. The van der Waals surface area contributed by atoms with Gasteiger partial charge in [-0.25, -0.2) is 9.37 Å². The summed E-state index contributed by atoms with van der Waals surface area (Å²) in [5, 5.41) is 0.738. The fourth-order valence-electron chi connectivity index (χ4n) is 3.35. The number of nitrogens with zero attached hydrogens (tertiary/aromatic N) is 3. The predicted octanol–water partition coefficient (Wildman–Crippen LogP) is 5.69. The van der Waals surface area contributed by atoms with Crippen molar-refractivity contribution in [2.45, 2.75) is 27.7 Å². The lowest BCUT2D eigenvalue weighted by Crippen LogP contribution is -2.39. The maximum Gasteiger partial charge on any atom is 0.261 e. The van der Waals surface area contributed by atoms with Crippen molar-refractivity contribution in [1.82, 2.24) is 9.88 Å². The van der Waals surface area contributed by atoms with Crippen LogP contribution < -0.4 is 4.90 Å². The first-order chi connectivity index (χ1) is 13.8. The van der Waals surface area contributed by atoms with Gasteiger partial charge in [0.1, 0.15) is 5.82 Å². The van der Waals surface area contributed by atoms with Crippen LogP contribution in [0.2, 0.25) is 5.02 Å². The first kappa shape index (κ1) is 21.7. The van der Waals surface area contributed by atoms with Crippen molar-refractivity contribution in [2.75, 3.05) is 31.1 Å². The van der Waals surface area contributed by atoms with Gasteiger partial charge in [0.25, 0.3) is 5.91 Å². The number of thiazole rings is 1. The Hall–Kier alpha value is -2.02. The number of rotatable bonds is 7. The number of aryl methyl sites for hydroxylation is 2. The van der Waals surface area contributed by atoms with Crippen LogP contribution >= 0.6 is 22.9 Å². The molecule has 1 heterocycles. The minimum Gasteiger partial charge on any atom is -0.302 e. The minimum absolute atomic E-state index is 0.107. The molecule has 0 spiro atoms. The topological polar surface area (TPSA) is 36.4 Å². The minimum atomic E-state index is -0.465. The third-order valence-electron chi connectivity index (χ3n) is 4.98. The van der Waals surface area contributed by atoms with Crippen LogP contribution in [0.5, 0.6) is 0 Å². The monoisotopic (exact) mass is 433 g/mol. The van der Waals surface area contributed by atoms with Gasteiger partial charge in [-0.15, -0.1) is 0 Å². The molecular weight excluding hydrogens is 409 g/mol. The van der Waals surface area contributed by atoms with Crippen molar-refractivity contribution in [3.05, 3.63) is 57.9 Å². The molecule has 3 aromatic rings. The molecule has 29 heavy (non-hydrogen) atoms. The number of aromatic nitrogens is 1. The molecule has 7 heteroatoms. The Balaban J connectivity index is 2.02. The van der Waals surface area contributed by atoms with Gasteiger partial charge in [-0.1, -0.05) is 42.9 Å². The molecule has 0 aliphatic carbocycles. The molecule has 0 aliphatic rings. The largest absolute Gasteiger partial charge is 0.302 e. The van der Waals surface area contributed by atoms with Crippen LogP contribution in [0.3, 0.4) is 0 Å². The number of hydrogen-bond donors (Lipinski definition) is 0. The van der Waals surface area contributed by atoms with Crippen LogP contribution in [0.1, 0.15) is 35.3 Å². The van der Waals surface area contributed by atoms with Gasteiger partial charge in [0, 0.05) is 13.1 Å². The first-order valence-corrected chi connectivity index (χ1v) is 10.9. The molecular formula is C22H25ClFN3OS. The van der Waals surface area contributed by atoms with E-state index < -0.39 is 5.82 Å². The van der Waals surface area contributed by atoms with E-state index in [0.29, 0.717) is 18.2 Å². The van der Waals surface area contributed by atoms with Crippen molar-refractivity contribution in [2.24, 2.45) is 0 Å². The number of fused-ring (bicyclic) bond motifs is 1. The number of amides is 1. The summed E-state index contributed by atoms with van der Waals surface area (Å²) in [6.07, 6.45) is 0. The second-order valence-electron chi connectivity index (χ2n) is 7.03. The van der Waals surface area contributed by atoms with E-state index in [1.54, 1.807) is 4.90 Å². The number of anilines is 1. The highest BCUT2D eigenvalue weighted by Gasteiger charge is 2.24. The summed E-state index contributed by atoms with van der Waals surface area (Å²) in [5.74, 6) is -0.733. The number of carbonyl (C=O) groups is 1. The standard InChI is InChI=1S/C22H25ClFN3OS/c1-5-26(6-2)9-10-27(21(28)17-8-7-16(24)13-18(17)23)22-25-19-12-14(3)11-15(4)20(19)29-22/h7-8,11-13H,5-6,9-10H2,1-4H3. The van der Waals surface area contributed by atoms with Crippen molar-refractivity contribution >= 4 is 44.2 Å². The molecule has 0 N–H and O–H groups in total.